The molecule has 114 valence electrons. The first-order valence-corrected chi connectivity index (χ1v) is 7.17. The second-order valence-electron chi connectivity index (χ2n) is 4.71. The normalized spacial score (nSPS) is 12.0. The van der Waals surface area contributed by atoms with Gasteiger partial charge in [-0.25, -0.2) is 0 Å². The predicted octanol–water partition coefficient (Wildman–Crippen LogP) is 1.52. The largest absolute Gasteiger partial charge is 0.463 e. The fourth-order valence-corrected chi connectivity index (χ4v) is 1.34. The summed E-state index contributed by atoms with van der Waals surface area (Å²) in [5, 5.41) is 15.2. The summed E-state index contributed by atoms with van der Waals surface area (Å²) in [5.41, 5.74) is 0. The van der Waals surface area contributed by atoms with Crippen LogP contribution in [0.3, 0.4) is 0 Å². The third kappa shape index (κ3) is 6.01. The Kier molecular flexibility index (Phi) is 7.64. The van der Waals surface area contributed by atoms with Gasteiger partial charge in [-0.2, -0.15) is 15.0 Å². The number of hydrogen-bond donors (Lipinski definition) is 3. The highest BCUT2D eigenvalue weighted by Gasteiger charge is 2.08. The molecule has 7 nitrogen and oxygen atoms in total. The number of hydrogen-bond acceptors (Lipinski definition) is 7. The van der Waals surface area contributed by atoms with Gasteiger partial charge in [0, 0.05) is 19.7 Å². The van der Waals surface area contributed by atoms with E-state index in [2.05, 4.69) is 32.5 Å². The summed E-state index contributed by atoms with van der Waals surface area (Å²) in [6.07, 6.45) is 1.88. The molecule has 1 unspecified atom stereocenters. The maximum atomic E-state index is 9.02. The zero-order valence-electron chi connectivity index (χ0n) is 12.5. The van der Waals surface area contributed by atoms with Crippen molar-refractivity contribution in [3.05, 3.63) is 0 Å². The molecule has 1 rings (SSSR count). The fourth-order valence-electron chi connectivity index (χ4n) is 1.34. The number of anilines is 2. The summed E-state index contributed by atoms with van der Waals surface area (Å²) in [6, 6.07) is 0.319. The summed E-state index contributed by atoms with van der Waals surface area (Å²) >= 11 is 0. The Balaban J connectivity index is 2.73. The van der Waals surface area contributed by atoms with E-state index in [1.807, 2.05) is 13.8 Å². The average molecular weight is 283 g/mol. The van der Waals surface area contributed by atoms with E-state index in [0.717, 1.165) is 19.4 Å². The first-order valence-electron chi connectivity index (χ1n) is 7.17. The summed E-state index contributed by atoms with van der Waals surface area (Å²) < 4.78 is 5.46. The van der Waals surface area contributed by atoms with Crippen molar-refractivity contribution in [1.29, 1.82) is 0 Å². The highest BCUT2D eigenvalue weighted by Crippen LogP contribution is 2.12. The zero-order chi connectivity index (χ0) is 14.8. The first kappa shape index (κ1) is 16.4. The maximum Gasteiger partial charge on any atom is 0.323 e. The molecule has 7 heteroatoms. The molecule has 0 fully saturated rings. The van der Waals surface area contributed by atoms with Gasteiger partial charge in [0.05, 0.1) is 6.61 Å². The minimum Gasteiger partial charge on any atom is -0.463 e. The molecular weight excluding hydrogens is 258 g/mol. The van der Waals surface area contributed by atoms with E-state index in [0.29, 0.717) is 31.1 Å². The van der Waals surface area contributed by atoms with Crippen molar-refractivity contribution < 1.29 is 9.84 Å². The molecule has 0 aromatic carbocycles. The van der Waals surface area contributed by atoms with Gasteiger partial charge in [0.2, 0.25) is 11.9 Å². The Morgan fingerprint density at radius 2 is 1.80 bits per heavy atom. The van der Waals surface area contributed by atoms with Gasteiger partial charge in [0.15, 0.2) is 0 Å². The van der Waals surface area contributed by atoms with Crippen molar-refractivity contribution in [3.63, 3.8) is 0 Å². The highest BCUT2D eigenvalue weighted by atomic mass is 16.5. The Hall–Kier alpha value is -1.63. The minimum atomic E-state index is 0.123. The van der Waals surface area contributed by atoms with E-state index >= 15 is 0 Å². The van der Waals surface area contributed by atoms with E-state index in [9.17, 15) is 0 Å². The van der Waals surface area contributed by atoms with Crippen LogP contribution in [0.5, 0.6) is 6.01 Å². The number of nitrogens with one attached hydrogen (secondary N) is 2. The number of aliphatic hydroxyl groups excluding tert-OH is 1. The maximum absolute atomic E-state index is 9.02. The molecule has 1 heterocycles. The molecule has 20 heavy (non-hydrogen) atoms. The number of rotatable bonds is 10. The number of aliphatic hydroxyl groups is 1. The molecule has 1 aromatic heterocycles. The smallest absolute Gasteiger partial charge is 0.323 e. The van der Waals surface area contributed by atoms with Crippen LogP contribution in [-0.4, -0.2) is 46.4 Å². The summed E-state index contributed by atoms with van der Waals surface area (Å²) in [7, 11) is 0. The second kappa shape index (κ2) is 9.30. The lowest BCUT2D eigenvalue weighted by Crippen LogP contribution is -2.17. The lowest BCUT2D eigenvalue weighted by atomic mass is 10.2. The van der Waals surface area contributed by atoms with Crippen LogP contribution in [0.1, 0.15) is 33.6 Å². The molecule has 0 saturated carbocycles. The van der Waals surface area contributed by atoms with Crippen molar-refractivity contribution in [2.45, 2.75) is 33.6 Å². The molecule has 3 N–H and O–H groups in total. The standard InChI is InChI=1S/C13H25N5O2/c1-4-6-14-11-16-12(15-8-10(3)9-19)18-13(17-11)20-7-5-2/h10,19H,4-9H2,1-3H3,(H2,14,15,16,17,18). The van der Waals surface area contributed by atoms with Gasteiger partial charge in [-0.15, -0.1) is 0 Å². The van der Waals surface area contributed by atoms with Gasteiger partial charge < -0.3 is 20.5 Å². The van der Waals surface area contributed by atoms with Crippen LogP contribution in [0, 0.1) is 5.92 Å². The molecule has 0 bridgehead atoms. The predicted molar refractivity (Wildman–Crippen MR) is 79.1 cm³/mol. The quantitative estimate of drug-likeness (QED) is 0.599. The van der Waals surface area contributed by atoms with E-state index in [1.165, 1.54) is 0 Å². The first-order chi connectivity index (χ1) is 9.69. The number of aromatic nitrogens is 3. The van der Waals surface area contributed by atoms with Gasteiger partial charge in [-0.3, -0.25) is 0 Å². The van der Waals surface area contributed by atoms with E-state index in [-0.39, 0.29) is 12.5 Å². The molecule has 0 aliphatic rings. The lowest BCUT2D eigenvalue weighted by molar-refractivity contribution is 0.244. The molecule has 0 amide bonds. The topological polar surface area (TPSA) is 92.2 Å². The van der Waals surface area contributed by atoms with Crippen LogP contribution in [0.2, 0.25) is 0 Å². The van der Waals surface area contributed by atoms with Crippen molar-refractivity contribution >= 4 is 11.9 Å². The Bertz CT molecular complexity index is 363. The molecule has 1 atom stereocenters. The molecule has 0 aliphatic carbocycles. The van der Waals surface area contributed by atoms with Crippen LogP contribution in [0.15, 0.2) is 0 Å². The molecule has 1 aromatic rings. The third-order valence-electron chi connectivity index (χ3n) is 2.50. The van der Waals surface area contributed by atoms with Gasteiger partial charge in [-0.1, -0.05) is 20.8 Å². The lowest BCUT2D eigenvalue weighted by Gasteiger charge is -2.12. The average Bonchev–Trinajstić information content (AvgIpc) is 2.48. The summed E-state index contributed by atoms with van der Waals surface area (Å²) in [4.78, 5) is 12.7. The van der Waals surface area contributed by atoms with Crippen LogP contribution < -0.4 is 15.4 Å². The van der Waals surface area contributed by atoms with E-state index < -0.39 is 0 Å². The number of ether oxygens (including phenoxy) is 1. The van der Waals surface area contributed by atoms with Crippen LogP contribution in [0.4, 0.5) is 11.9 Å². The summed E-state index contributed by atoms with van der Waals surface area (Å²) in [6.45, 7) is 8.13. The van der Waals surface area contributed by atoms with Gasteiger partial charge in [0.25, 0.3) is 0 Å². The second-order valence-corrected chi connectivity index (χ2v) is 4.71. The summed E-state index contributed by atoms with van der Waals surface area (Å²) in [5.74, 6) is 1.11. The molecule has 0 aliphatic heterocycles. The zero-order valence-corrected chi connectivity index (χ0v) is 12.5. The Morgan fingerprint density at radius 3 is 2.40 bits per heavy atom. The number of nitrogens with zero attached hydrogens (tertiary/aromatic N) is 3. The van der Waals surface area contributed by atoms with Gasteiger partial charge in [-0.05, 0) is 18.8 Å². The van der Waals surface area contributed by atoms with Crippen molar-refractivity contribution in [2.24, 2.45) is 5.92 Å². The SMILES string of the molecule is CCCNc1nc(NCC(C)CO)nc(OCCC)n1. The third-order valence-corrected chi connectivity index (χ3v) is 2.50. The van der Waals surface area contributed by atoms with Crippen LogP contribution in [0.25, 0.3) is 0 Å². The van der Waals surface area contributed by atoms with Crippen molar-refractivity contribution in [1.82, 2.24) is 15.0 Å². The monoisotopic (exact) mass is 283 g/mol. The van der Waals surface area contributed by atoms with Crippen molar-refractivity contribution in [3.8, 4) is 6.01 Å². The van der Waals surface area contributed by atoms with Crippen LogP contribution >= 0.6 is 0 Å². The molecule has 0 radical (unpaired) electrons. The van der Waals surface area contributed by atoms with Crippen molar-refractivity contribution in [2.75, 3.05) is 36.9 Å². The van der Waals surface area contributed by atoms with Crippen LogP contribution in [-0.2, 0) is 0 Å². The highest BCUT2D eigenvalue weighted by molar-refractivity contribution is 5.35. The molecule has 0 saturated heterocycles. The Labute approximate surface area is 120 Å². The minimum absolute atomic E-state index is 0.123. The van der Waals surface area contributed by atoms with E-state index in [1.54, 1.807) is 0 Å². The van der Waals surface area contributed by atoms with Gasteiger partial charge in [0.1, 0.15) is 0 Å². The van der Waals surface area contributed by atoms with E-state index in [4.69, 9.17) is 9.84 Å². The molecule has 0 spiro atoms. The Morgan fingerprint density at radius 1 is 1.10 bits per heavy atom. The van der Waals surface area contributed by atoms with Gasteiger partial charge >= 0.3 is 6.01 Å². The molecular formula is C13H25N5O2. The fraction of sp³-hybridized carbons (Fsp3) is 0.769.